The van der Waals surface area contributed by atoms with Crippen molar-refractivity contribution in [3.05, 3.63) is 60.2 Å². The fourth-order valence-corrected chi connectivity index (χ4v) is 4.46. The smallest absolute Gasteiger partial charge is 0.251 e. The maximum atomic E-state index is 12.3. The van der Waals surface area contributed by atoms with E-state index in [2.05, 4.69) is 10.0 Å². The van der Waals surface area contributed by atoms with E-state index in [0.29, 0.717) is 5.56 Å². The summed E-state index contributed by atoms with van der Waals surface area (Å²) in [5, 5.41) is 2.70. The number of hydrogen-bond acceptors (Lipinski definition) is 3. The van der Waals surface area contributed by atoms with Crippen LogP contribution in [0.5, 0.6) is 0 Å². The lowest BCUT2D eigenvalue weighted by Crippen LogP contribution is -2.38. The first-order valence-electron chi connectivity index (χ1n) is 8.97. The largest absolute Gasteiger partial charge is 0.351 e. The van der Waals surface area contributed by atoms with Gasteiger partial charge in [-0.3, -0.25) is 4.79 Å². The number of carbonyl (C=O) groups is 1. The van der Waals surface area contributed by atoms with Crippen LogP contribution < -0.4 is 10.0 Å². The molecule has 0 bridgehead atoms. The van der Waals surface area contributed by atoms with Crippen molar-refractivity contribution in [3.63, 3.8) is 0 Å². The molecule has 1 amide bonds. The van der Waals surface area contributed by atoms with Crippen molar-refractivity contribution in [2.45, 2.75) is 31.7 Å². The molecule has 0 atom stereocenters. The minimum atomic E-state index is -3.36. The Morgan fingerprint density at radius 3 is 2.38 bits per heavy atom. The molecule has 2 aromatic rings. The van der Waals surface area contributed by atoms with Gasteiger partial charge < -0.3 is 5.32 Å². The zero-order chi connectivity index (χ0) is 18.4. The Morgan fingerprint density at radius 1 is 0.962 bits per heavy atom. The van der Waals surface area contributed by atoms with Crippen molar-refractivity contribution in [1.82, 2.24) is 10.0 Å². The van der Waals surface area contributed by atoms with E-state index in [0.717, 1.165) is 36.8 Å². The topological polar surface area (TPSA) is 75.3 Å². The molecule has 6 heteroatoms. The van der Waals surface area contributed by atoms with E-state index < -0.39 is 10.0 Å². The molecule has 0 spiro atoms. The first-order valence-corrected chi connectivity index (χ1v) is 10.6. The van der Waals surface area contributed by atoms with Gasteiger partial charge in [-0.1, -0.05) is 55.3 Å². The van der Waals surface area contributed by atoms with Crippen molar-refractivity contribution < 1.29 is 13.2 Å². The van der Waals surface area contributed by atoms with Gasteiger partial charge in [0.15, 0.2) is 0 Å². The number of sulfonamides is 1. The van der Waals surface area contributed by atoms with Crippen LogP contribution in [0, 0.1) is 0 Å². The number of amides is 1. The van der Waals surface area contributed by atoms with E-state index in [1.54, 1.807) is 6.07 Å². The van der Waals surface area contributed by atoms with Gasteiger partial charge in [0.25, 0.3) is 5.91 Å². The minimum Gasteiger partial charge on any atom is -0.351 e. The molecule has 2 N–H and O–H groups in total. The Bertz CT molecular complexity index is 844. The lowest BCUT2D eigenvalue weighted by molar-refractivity contribution is 0.0956. The van der Waals surface area contributed by atoms with Crippen molar-refractivity contribution in [2.75, 3.05) is 12.3 Å². The van der Waals surface area contributed by atoms with Gasteiger partial charge in [-0.15, -0.1) is 0 Å². The summed E-state index contributed by atoms with van der Waals surface area (Å²) in [7, 11) is -3.36. The summed E-state index contributed by atoms with van der Waals surface area (Å²) < 4.78 is 26.9. The van der Waals surface area contributed by atoms with E-state index in [1.165, 1.54) is 0 Å². The molecule has 1 aliphatic carbocycles. The molecule has 0 radical (unpaired) electrons. The van der Waals surface area contributed by atoms with Crippen LogP contribution in [0.4, 0.5) is 0 Å². The summed E-state index contributed by atoms with van der Waals surface area (Å²) in [6.45, 7) is 0.0937. The molecule has 1 saturated carbocycles. The van der Waals surface area contributed by atoms with Crippen molar-refractivity contribution in [3.8, 4) is 11.1 Å². The molecule has 1 aliphatic rings. The fourth-order valence-electron chi connectivity index (χ4n) is 3.23. The number of rotatable bonds is 7. The molecular formula is C20H24N2O3S. The van der Waals surface area contributed by atoms with Crippen molar-refractivity contribution in [1.29, 1.82) is 0 Å². The predicted octanol–water partition coefficient (Wildman–Crippen LogP) is 2.95. The molecule has 2 aromatic carbocycles. The van der Waals surface area contributed by atoms with Crippen LogP contribution in [0.15, 0.2) is 54.6 Å². The van der Waals surface area contributed by atoms with Crippen LogP contribution >= 0.6 is 0 Å². The third-order valence-corrected chi connectivity index (χ3v) is 6.02. The third-order valence-electron chi connectivity index (χ3n) is 4.59. The van der Waals surface area contributed by atoms with Gasteiger partial charge in [-0.25, -0.2) is 13.1 Å². The highest BCUT2D eigenvalue weighted by molar-refractivity contribution is 7.89. The fraction of sp³-hybridized carbons (Fsp3) is 0.350. The Hall–Kier alpha value is -2.18. The molecule has 0 aromatic heterocycles. The van der Waals surface area contributed by atoms with Crippen LogP contribution in [-0.2, 0) is 10.0 Å². The van der Waals surface area contributed by atoms with Gasteiger partial charge in [-0.2, -0.15) is 0 Å². The zero-order valence-electron chi connectivity index (χ0n) is 14.6. The first kappa shape index (κ1) is 18.6. The maximum absolute atomic E-state index is 12.3. The summed E-state index contributed by atoms with van der Waals surface area (Å²) in [5.74, 6) is -0.369. The second-order valence-electron chi connectivity index (χ2n) is 6.62. The Labute approximate surface area is 154 Å². The average Bonchev–Trinajstić information content (AvgIpc) is 3.14. The average molecular weight is 372 g/mol. The molecule has 3 rings (SSSR count). The SMILES string of the molecule is O=C(NCCS(=O)(=O)NC1CCCC1)c1cccc(-c2ccccc2)c1. The summed E-state index contributed by atoms with van der Waals surface area (Å²) in [6.07, 6.45) is 3.94. The van der Waals surface area contributed by atoms with Crippen LogP contribution in [0.25, 0.3) is 11.1 Å². The number of nitrogens with one attached hydrogen (secondary N) is 2. The second kappa shape index (κ2) is 8.47. The minimum absolute atomic E-state index is 0.0539. The molecular weight excluding hydrogens is 348 g/mol. The van der Waals surface area contributed by atoms with Crippen molar-refractivity contribution in [2.24, 2.45) is 0 Å². The quantitative estimate of drug-likeness (QED) is 0.785. The van der Waals surface area contributed by atoms with E-state index in [4.69, 9.17) is 0 Å². The molecule has 1 fully saturated rings. The number of hydrogen-bond donors (Lipinski definition) is 2. The molecule has 26 heavy (non-hydrogen) atoms. The predicted molar refractivity (Wildman–Crippen MR) is 103 cm³/mol. The molecule has 0 aliphatic heterocycles. The third kappa shape index (κ3) is 5.16. The van der Waals surface area contributed by atoms with E-state index in [-0.39, 0.29) is 24.2 Å². The highest BCUT2D eigenvalue weighted by atomic mass is 32.2. The van der Waals surface area contributed by atoms with Crippen LogP contribution in [-0.4, -0.2) is 32.7 Å². The number of benzene rings is 2. The van der Waals surface area contributed by atoms with Crippen molar-refractivity contribution >= 4 is 15.9 Å². The van der Waals surface area contributed by atoms with E-state index in [9.17, 15) is 13.2 Å². The number of carbonyl (C=O) groups excluding carboxylic acids is 1. The monoisotopic (exact) mass is 372 g/mol. The van der Waals surface area contributed by atoms with Crippen LogP contribution in [0.1, 0.15) is 36.0 Å². The lowest BCUT2D eigenvalue weighted by Gasteiger charge is -2.13. The summed E-state index contributed by atoms with van der Waals surface area (Å²) in [6, 6.07) is 17.2. The van der Waals surface area contributed by atoms with E-state index in [1.807, 2.05) is 48.5 Å². The maximum Gasteiger partial charge on any atom is 0.251 e. The van der Waals surface area contributed by atoms with Crippen LogP contribution in [0.3, 0.4) is 0 Å². The molecule has 0 saturated heterocycles. The Balaban J connectivity index is 1.55. The Kier molecular flexibility index (Phi) is 6.06. The van der Waals surface area contributed by atoms with Gasteiger partial charge in [-0.05, 0) is 36.1 Å². The van der Waals surface area contributed by atoms with Gasteiger partial charge in [0, 0.05) is 18.2 Å². The van der Waals surface area contributed by atoms with Gasteiger partial charge in [0.05, 0.1) is 5.75 Å². The highest BCUT2D eigenvalue weighted by Crippen LogP contribution is 2.20. The van der Waals surface area contributed by atoms with Gasteiger partial charge in [0.2, 0.25) is 10.0 Å². The first-order chi connectivity index (χ1) is 12.5. The zero-order valence-corrected chi connectivity index (χ0v) is 15.5. The van der Waals surface area contributed by atoms with Gasteiger partial charge >= 0.3 is 0 Å². The summed E-state index contributed by atoms with van der Waals surface area (Å²) in [5.41, 5.74) is 2.51. The van der Waals surface area contributed by atoms with Crippen LogP contribution in [0.2, 0.25) is 0 Å². The molecule has 138 valence electrons. The van der Waals surface area contributed by atoms with E-state index >= 15 is 0 Å². The van der Waals surface area contributed by atoms with Gasteiger partial charge in [0.1, 0.15) is 0 Å². The molecule has 0 heterocycles. The molecule has 5 nitrogen and oxygen atoms in total. The summed E-state index contributed by atoms with van der Waals surface area (Å²) >= 11 is 0. The lowest BCUT2D eigenvalue weighted by atomic mass is 10.0. The standard InChI is InChI=1S/C20H24N2O3S/c23-20(21-13-14-26(24,25)22-19-11-4-5-12-19)18-10-6-9-17(15-18)16-7-2-1-3-8-16/h1-3,6-10,15,19,22H,4-5,11-14H2,(H,21,23). The Morgan fingerprint density at radius 2 is 1.65 bits per heavy atom. The molecule has 0 unspecified atom stereocenters. The second-order valence-corrected chi connectivity index (χ2v) is 8.49. The summed E-state index contributed by atoms with van der Waals surface area (Å²) in [4.78, 5) is 12.3. The normalized spacial score (nSPS) is 15.1. The highest BCUT2D eigenvalue weighted by Gasteiger charge is 2.21.